The summed E-state index contributed by atoms with van der Waals surface area (Å²) < 4.78 is 5.38. The van der Waals surface area contributed by atoms with E-state index in [0.29, 0.717) is 11.5 Å². The minimum Gasteiger partial charge on any atom is -0.355 e. The molecule has 0 spiro atoms. The third-order valence-electron chi connectivity index (χ3n) is 4.16. The lowest BCUT2D eigenvalue weighted by Crippen LogP contribution is -2.27. The molecule has 110 valence electrons. The summed E-state index contributed by atoms with van der Waals surface area (Å²) in [5, 5.41) is 6.27. The highest BCUT2D eigenvalue weighted by Crippen LogP contribution is 2.25. The van der Waals surface area contributed by atoms with E-state index < -0.39 is 0 Å². The molecule has 22 heavy (non-hydrogen) atoms. The molecular formula is C18H16N2O2. The molecule has 1 aliphatic rings. The molecule has 1 aliphatic heterocycles. The molecule has 0 atom stereocenters. The van der Waals surface area contributed by atoms with E-state index >= 15 is 0 Å². The van der Waals surface area contributed by atoms with Gasteiger partial charge in [0, 0.05) is 24.7 Å². The molecule has 4 heteroatoms. The second-order valence-corrected chi connectivity index (χ2v) is 5.64. The van der Waals surface area contributed by atoms with Gasteiger partial charge in [-0.25, -0.2) is 0 Å². The summed E-state index contributed by atoms with van der Waals surface area (Å²) in [6.45, 7) is 1.63. The molecular weight excluding hydrogens is 276 g/mol. The highest BCUT2D eigenvalue weighted by Gasteiger charge is 2.22. The van der Waals surface area contributed by atoms with Crippen molar-refractivity contribution in [1.82, 2.24) is 10.1 Å². The number of likely N-dealkylation sites (tertiary alicyclic amines) is 1. The zero-order valence-electron chi connectivity index (χ0n) is 12.2. The van der Waals surface area contributed by atoms with E-state index in [0.717, 1.165) is 36.9 Å². The predicted octanol–water partition coefficient (Wildman–Crippen LogP) is 3.73. The maximum absolute atomic E-state index is 12.3. The van der Waals surface area contributed by atoms with Crippen molar-refractivity contribution in [3.05, 3.63) is 54.2 Å². The van der Waals surface area contributed by atoms with Gasteiger partial charge in [0.25, 0.3) is 5.91 Å². The molecule has 4 nitrogen and oxygen atoms in total. The van der Waals surface area contributed by atoms with E-state index in [1.807, 2.05) is 23.1 Å². The van der Waals surface area contributed by atoms with E-state index in [1.54, 1.807) is 6.07 Å². The van der Waals surface area contributed by atoms with Crippen molar-refractivity contribution in [2.75, 3.05) is 13.1 Å². The Morgan fingerprint density at radius 3 is 2.59 bits per heavy atom. The summed E-state index contributed by atoms with van der Waals surface area (Å²) >= 11 is 0. The quantitative estimate of drug-likeness (QED) is 0.723. The molecule has 1 amide bonds. The van der Waals surface area contributed by atoms with Crippen LogP contribution in [0.2, 0.25) is 0 Å². The second-order valence-electron chi connectivity index (χ2n) is 5.64. The van der Waals surface area contributed by atoms with Gasteiger partial charge in [0.15, 0.2) is 11.5 Å². The Bertz CT molecular complexity index is 832. The van der Waals surface area contributed by atoms with Gasteiger partial charge in [-0.1, -0.05) is 41.6 Å². The summed E-state index contributed by atoms with van der Waals surface area (Å²) in [6, 6.07) is 16.0. The SMILES string of the molecule is O=C(c1cc(-c2ccc3ccccc3c2)on1)N1CCCC1. The maximum Gasteiger partial charge on any atom is 0.276 e. The summed E-state index contributed by atoms with van der Waals surface area (Å²) in [5.41, 5.74) is 1.33. The van der Waals surface area contributed by atoms with Crippen molar-refractivity contribution in [1.29, 1.82) is 0 Å². The first-order chi connectivity index (χ1) is 10.8. The van der Waals surface area contributed by atoms with Gasteiger partial charge in [-0.3, -0.25) is 4.79 Å². The van der Waals surface area contributed by atoms with Gasteiger partial charge in [-0.15, -0.1) is 0 Å². The van der Waals surface area contributed by atoms with Crippen molar-refractivity contribution >= 4 is 16.7 Å². The average Bonchev–Trinajstić information content (AvgIpc) is 3.25. The Balaban J connectivity index is 1.66. The number of nitrogens with zero attached hydrogens (tertiary/aromatic N) is 2. The number of amides is 1. The Morgan fingerprint density at radius 1 is 1.00 bits per heavy atom. The van der Waals surface area contributed by atoms with Crippen molar-refractivity contribution in [2.24, 2.45) is 0 Å². The first-order valence-corrected chi connectivity index (χ1v) is 7.56. The number of carbonyl (C=O) groups is 1. The van der Waals surface area contributed by atoms with Crippen LogP contribution in [-0.2, 0) is 0 Å². The zero-order chi connectivity index (χ0) is 14.9. The van der Waals surface area contributed by atoms with Gasteiger partial charge in [0.1, 0.15) is 0 Å². The molecule has 0 bridgehead atoms. The molecule has 1 aromatic heterocycles. The molecule has 3 aromatic rings. The van der Waals surface area contributed by atoms with Crippen LogP contribution in [0.1, 0.15) is 23.3 Å². The van der Waals surface area contributed by atoms with Crippen molar-refractivity contribution in [3.63, 3.8) is 0 Å². The maximum atomic E-state index is 12.3. The van der Waals surface area contributed by atoms with E-state index in [1.165, 1.54) is 5.39 Å². The van der Waals surface area contributed by atoms with Gasteiger partial charge in [-0.2, -0.15) is 0 Å². The normalized spacial score (nSPS) is 14.6. The van der Waals surface area contributed by atoms with Crippen LogP contribution in [0.15, 0.2) is 53.1 Å². The fourth-order valence-corrected chi connectivity index (χ4v) is 2.94. The Kier molecular flexibility index (Phi) is 3.15. The van der Waals surface area contributed by atoms with Crippen LogP contribution >= 0.6 is 0 Å². The lowest BCUT2D eigenvalue weighted by atomic mass is 10.1. The van der Waals surface area contributed by atoms with Gasteiger partial charge in [0.05, 0.1) is 0 Å². The lowest BCUT2D eigenvalue weighted by molar-refractivity contribution is 0.0782. The predicted molar refractivity (Wildman–Crippen MR) is 84.6 cm³/mol. The number of aromatic nitrogens is 1. The number of fused-ring (bicyclic) bond motifs is 1. The highest BCUT2D eigenvalue weighted by molar-refractivity contribution is 5.93. The molecule has 4 rings (SSSR count). The average molecular weight is 292 g/mol. The topological polar surface area (TPSA) is 46.3 Å². The molecule has 0 aliphatic carbocycles. The Morgan fingerprint density at radius 2 is 1.77 bits per heavy atom. The van der Waals surface area contributed by atoms with Crippen molar-refractivity contribution in [3.8, 4) is 11.3 Å². The summed E-state index contributed by atoms with van der Waals surface area (Å²) in [4.78, 5) is 14.1. The minimum atomic E-state index is -0.0340. The zero-order valence-corrected chi connectivity index (χ0v) is 12.2. The first kappa shape index (κ1) is 13.1. The van der Waals surface area contributed by atoms with Crippen molar-refractivity contribution in [2.45, 2.75) is 12.8 Å². The van der Waals surface area contributed by atoms with Gasteiger partial charge >= 0.3 is 0 Å². The molecule has 0 saturated carbocycles. The summed E-state index contributed by atoms with van der Waals surface area (Å²) in [6.07, 6.45) is 2.14. The fraction of sp³-hybridized carbons (Fsp3) is 0.222. The Labute approximate surface area is 128 Å². The standard InChI is InChI=1S/C18H16N2O2/c21-18(20-9-3-4-10-20)16-12-17(22-19-16)15-8-7-13-5-1-2-6-14(13)11-15/h1-2,5-8,11-12H,3-4,9-10H2. The van der Waals surface area contributed by atoms with Crippen LogP contribution in [0, 0.1) is 0 Å². The van der Waals surface area contributed by atoms with Gasteiger partial charge in [-0.05, 0) is 29.7 Å². The largest absolute Gasteiger partial charge is 0.355 e. The molecule has 0 radical (unpaired) electrons. The Hall–Kier alpha value is -2.62. The molecule has 1 fully saturated rings. The second kappa shape index (κ2) is 5.30. The van der Waals surface area contributed by atoms with Gasteiger partial charge < -0.3 is 9.42 Å². The fourth-order valence-electron chi connectivity index (χ4n) is 2.94. The van der Waals surface area contributed by atoms with Crippen LogP contribution in [-0.4, -0.2) is 29.1 Å². The summed E-state index contributed by atoms with van der Waals surface area (Å²) in [5.74, 6) is 0.599. The van der Waals surface area contributed by atoms with Crippen LogP contribution < -0.4 is 0 Å². The van der Waals surface area contributed by atoms with E-state index in [4.69, 9.17) is 4.52 Å². The number of rotatable bonds is 2. The third-order valence-corrected chi connectivity index (χ3v) is 4.16. The van der Waals surface area contributed by atoms with E-state index in [-0.39, 0.29) is 5.91 Å². The van der Waals surface area contributed by atoms with E-state index in [9.17, 15) is 4.79 Å². The molecule has 1 saturated heterocycles. The lowest BCUT2D eigenvalue weighted by Gasteiger charge is -2.12. The summed E-state index contributed by atoms with van der Waals surface area (Å²) in [7, 11) is 0. The molecule has 2 heterocycles. The third kappa shape index (κ3) is 2.26. The number of benzene rings is 2. The number of carbonyl (C=O) groups excluding carboxylic acids is 1. The number of hydrogen-bond donors (Lipinski definition) is 0. The molecule has 0 unspecified atom stereocenters. The molecule has 2 aromatic carbocycles. The first-order valence-electron chi connectivity index (χ1n) is 7.56. The minimum absolute atomic E-state index is 0.0340. The van der Waals surface area contributed by atoms with Crippen LogP contribution in [0.3, 0.4) is 0 Å². The van der Waals surface area contributed by atoms with Crippen LogP contribution in [0.4, 0.5) is 0 Å². The smallest absolute Gasteiger partial charge is 0.276 e. The van der Waals surface area contributed by atoms with E-state index in [2.05, 4.69) is 29.4 Å². The van der Waals surface area contributed by atoms with Gasteiger partial charge in [0.2, 0.25) is 0 Å². The van der Waals surface area contributed by atoms with Crippen molar-refractivity contribution < 1.29 is 9.32 Å². The van der Waals surface area contributed by atoms with Crippen LogP contribution in [0.25, 0.3) is 22.1 Å². The number of hydrogen-bond acceptors (Lipinski definition) is 3. The molecule has 0 N–H and O–H groups in total. The van der Waals surface area contributed by atoms with Crippen LogP contribution in [0.5, 0.6) is 0 Å². The monoisotopic (exact) mass is 292 g/mol. The highest BCUT2D eigenvalue weighted by atomic mass is 16.5.